The molecular formula is C17H22N2OS2. The first kappa shape index (κ1) is 15.8. The van der Waals surface area contributed by atoms with Gasteiger partial charge in [-0.25, -0.2) is 0 Å². The smallest absolute Gasteiger partial charge is 0.252 e. The van der Waals surface area contributed by atoms with Gasteiger partial charge in [-0.15, -0.1) is 0 Å². The number of hydrogen-bond donors (Lipinski definition) is 1. The molecule has 1 saturated carbocycles. The van der Waals surface area contributed by atoms with E-state index in [4.69, 9.17) is 12.2 Å². The summed E-state index contributed by atoms with van der Waals surface area (Å²) in [5.41, 5.74) is 1.30. The molecular weight excluding hydrogens is 312 g/mol. The summed E-state index contributed by atoms with van der Waals surface area (Å²) in [6.07, 6.45) is 5.90. The SMILES string of the molecule is O=C1[C@H](CSCc2ccccc2)NC(=S)N1C1CCCCC1. The van der Waals surface area contributed by atoms with Gasteiger partial charge in [-0.1, -0.05) is 49.6 Å². The van der Waals surface area contributed by atoms with E-state index in [0.29, 0.717) is 11.2 Å². The molecule has 1 N–H and O–H groups in total. The third kappa shape index (κ3) is 3.63. The van der Waals surface area contributed by atoms with Crippen molar-refractivity contribution in [1.82, 2.24) is 10.2 Å². The highest BCUT2D eigenvalue weighted by Gasteiger charge is 2.39. The molecule has 1 aliphatic heterocycles. The highest BCUT2D eigenvalue weighted by Crippen LogP contribution is 2.26. The molecule has 1 aliphatic carbocycles. The molecule has 0 radical (unpaired) electrons. The van der Waals surface area contributed by atoms with Crippen molar-refractivity contribution in [2.75, 3.05) is 5.75 Å². The second kappa shape index (κ2) is 7.47. The molecule has 0 unspecified atom stereocenters. The van der Waals surface area contributed by atoms with E-state index in [2.05, 4.69) is 29.6 Å². The molecule has 0 spiro atoms. The second-order valence-electron chi connectivity index (χ2n) is 6.00. The van der Waals surface area contributed by atoms with Crippen molar-refractivity contribution < 1.29 is 4.79 Å². The summed E-state index contributed by atoms with van der Waals surface area (Å²) in [5.74, 6) is 1.89. The van der Waals surface area contributed by atoms with Crippen LogP contribution in [0.3, 0.4) is 0 Å². The average molecular weight is 335 g/mol. The number of nitrogens with one attached hydrogen (secondary N) is 1. The minimum absolute atomic E-state index is 0.150. The van der Waals surface area contributed by atoms with E-state index in [9.17, 15) is 4.79 Å². The molecule has 1 heterocycles. The molecule has 5 heteroatoms. The third-order valence-corrected chi connectivity index (χ3v) is 5.81. The summed E-state index contributed by atoms with van der Waals surface area (Å²) in [6.45, 7) is 0. The Labute approximate surface area is 141 Å². The molecule has 3 nitrogen and oxygen atoms in total. The molecule has 1 aromatic rings. The maximum Gasteiger partial charge on any atom is 0.252 e. The van der Waals surface area contributed by atoms with Gasteiger partial charge < -0.3 is 5.32 Å². The van der Waals surface area contributed by atoms with Crippen molar-refractivity contribution in [1.29, 1.82) is 0 Å². The number of carbonyl (C=O) groups is 1. The van der Waals surface area contributed by atoms with E-state index in [1.165, 1.54) is 24.8 Å². The molecule has 22 heavy (non-hydrogen) atoms. The van der Waals surface area contributed by atoms with Crippen LogP contribution in [0.4, 0.5) is 0 Å². The van der Waals surface area contributed by atoms with E-state index >= 15 is 0 Å². The van der Waals surface area contributed by atoms with E-state index in [1.54, 1.807) is 11.8 Å². The zero-order valence-corrected chi connectivity index (χ0v) is 14.3. The van der Waals surface area contributed by atoms with Crippen LogP contribution in [0.15, 0.2) is 30.3 Å². The van der Waals surface area contributed by atoms with Crippen LogP contribution in [0.5, 0.6) is 0 Å². The molecule has 3 rings (SSSR count). The van der Waals surface area contributed by atoms with Gasteiger partial charge in [0, 0.05) is 17.5 Å². The monoisotopic (exact) mass is 334 g/mol. The lowest BCUT2D eigenvalue weighted by Gasteiger charge is -2.30. The Balaban J connectivity index is 1.52. The Bertz CT molecular complexity index is 529. The number of amides is 1. The van der Waals surface area contributed by atoms with Crippen LogP contribution < -0.4 is 5.32 Å². The summed E-state index contributed by atoms with van der Waals surface area (Å²) in [5, 5.41) is 3.87. The number of rotatable bonds is 5. The normalized spacial score (nSPS) is 22.9. The largest absolute Gasteiger partial charge is 0.350 e. The number of thioether (sulfide) groups is 1. The van der Waals surface area contributed by atoms with Crippen molar-refractivity contribution >= 4 is 35.0 Å². The van der Waals surface area contributed by atoms with Crippen molar-refractivity contribution in [2.45, 2.75) is 49.9 Å². The van der Waals surface area contributed by atoms with Crippen LogP contribution in [-0.4, -0.2) is 33.8 Å². The standard InChI is InChI=1S/C17H22N2OS2/c20-16-15(12-22-11-13-7-3-1-4-8-13)18-17(21)19(16)14-9-5-2-6-10-14/h1,3-4,7-8,14-15H,2,5-6,9-12H2,(H,18,21)/t15-/m0/s1. The van der Waals surface area contributed by atoms with Crippen LogP contribution >= 0.6 is 24.0 Å². The van der Waals surface area contributed by atoms with Gasteiger partial charge in [0.05, 0.1) is 0 Å². The van der Waals surface area contributed by atoms with Crippen LogP contribution in [0.1, 0.15) is 37.7 Å². The maximum atomic E-state index is 12.6. The summed E-state index contributed by atoms with van der Waals surface area (Å²) < 4.78 is 0. The number of nitrogens with zero attached hydrogens (tertiary/aromatic N) is 1. The van der Waals surface area contributed by atoms with Gasteiger partial charge in [0.25, 0.3) is 5.91 Å². The van der Waals surface area contributed by atoms with Crippen LogP contribution in [0.2, 0.25) is 0 Å². The quantitative estimate of drug-likeness (QED) is 0.837. The van der Waals surface area contributed by atoms with Crippen LogP contribution in [0.25, 0.3) is 0 Å². The summed E-state index contributed by atoms with van der Waals surface area (Å²) in [6, 6.07) is 10.5. The molecule has 1 amide bonds. The zero-order chi connectivity index (χ0) is 15.4. The van der Waals surface area contributed by atoms with Gasteiger partial charge in [-0.2, -0.15) is 11.8 Å². The Morgan fingerprint density at radius 3 is 2.64 bits per heavy atom. The average Bonchev–Trinajstić information content (AvgIpc) is 2.83. The van der Waals surface area contributed by atoms with Gasteiger partial charge >= 0.3 is 0 Å². The highest BCUT2D eigenvalue weighted by molar-refractivity contribution is 7.98. The first-order valence-corrected chi connectivity index (χ1v) is 9.57. The highest BCUT2D eigenvalue weighted by atomic mass is 32.2. The molecule has 1 aromatic carbocycles. The zero-order valence-electron chi connectivity index (χ0n) is 12.7. The van der Waals surface area contributed by atoms with E-state index in [1.807, 2.05) is 11.0 Å². The van der Waals surface area contributed by atoms with E-state index in [0.717, 1.165) is 24.3 Å². The third-order valence-electron chi connectivity index (χ3n) is 4.39. The molecule has 118 valence electrons. The fourth-order valence-electron chi connectivity index (χ4n) is 3.22. The van der Waals surface area contributed by atoms with E-state index in [-0.39, 0.29) is 11.9 Å². The first-order chi connectivity index (χ1) is 10.8. The Kier molecular flexibility index (Phi) is 5.37. The van der Waals surface area contributed by atoms with Gasteiger partial charge in [0.15, 0.2) is 5.11 Å². The fraction of sp³-hybridized carbons (Fsp3) is 0.529. The Morgan fingerprint density at radius 2 is 1.91 bits per heavy atom. The van der Waals surface area contributed by atoms with Crippen LogP contribution in [-0.2, 0) is 10.5 Å². The summed E-state index contributed by atoms with van der Waals surface area (Å²) in [7, 11) is 0. The number of carbonyl (C=O) groups excluding carboxylic acids is 1. The van der Waals surface area contributed by atoms with Gasteiger partial charge in [-0.05, 0) is 30.6 Å². The molecule has 0 aromatic heterocycles. The predicted molar refractivity (Wildman–Crippen MR) is 95.8 cm³/mol. The number of hydrogen-bond acceptors (Lipinski definition) is 3. The summed E-state index contributed by atoms with van der Waals surface area (Å²) in [4.78, 5) is 14.5. The Hall–Kier alpha value is -1.07. The van der Waals surface area contributed by atoms with Crippen LogP contribution in [0, 0.1) is 0 Å². The number of benzene rings is 1. The number of thiocarbonyl (C=S) groups is 1. The molecule has 1 saturated heterocycles. The lowest BCUT2D eigenvalue weighted by Crippen LogP contribution is -2.42. The van der Waals surface area contributed by atoms with Gasteiger partial charge in [0.1, 0.15) is 6.04 Å². The molecule has 2 fully saturated rings. The minimum Gasteiger partial charge on any atom is -0.350 e. The second-order valence-corrected chi connectivity index (χ2v) is 7.42. The lowest BCUT2D eigenvalue weighted by molar-refractivity contribution is -0.128. The van der Waals surface area contributed by atoms with Gasteiger partial charge in [-0.3, -0.25) is 9.69 Å². The van der Waals surface area contributed by atoms with Crippen molar-refractivity contribution in [3.8, 4) is 0 Å². The molecule has 0 bridgehead atoms. The molecule has 1 atom stereocenters. The Morgan fingerprint density at radius 1 is 1.18 bits per heavy atom. The maximum absolute atomic E-state index is 12.6. The molecule has 2 aliphatic rings. The van der Waals surface area contributed by atoms with Crippen molar-refractivity contribution in [3.05, 3.63) is 35.9 Å². The van der Waals surface area contributed by atoms with Crippen molar-refractivity contribution in [3.63, 3.8) is 0 Å². The summed E-state index contributed by atoms with van der Waals surface area (Å²) >= 11 is 7.19. The van der Waals surface area contributed by atoms with Gasteiger partial charge in [0.2, 0.25) is 0 Å². The lowest BCUT2D eigenvalue weighted by atomic mass is 9.94. The van der Waals surface area contributed by atoms with Crippen molar-refractivity contribution in [2.24, 2.45) is 0 Å². The minimum atomic E-state index is -0.150. The predicted octanol–water partition coefficient (Wildman–Crippen LogP) is 3.34. The topological polar surface area (TPSA) is 32.3 Å². The van der Waals surface area contributed by atoms with E-state index < -0.39 is 0 Å². The fourth-order valence-corrected chi connectivity index (χ4v) is 4.60. The first-order valence-electron chi connectivity index (χ1n) is 8.01.